The van der Waals surface area contributed by atoms with Crippen LogP contribution in [-0.4, -0.2) is 59.2 Å². The van der Waals surface area contributed by atoms with Gasteiger partial charge in [-0.1, -0.05) is 36.4 Å². The fourth-order valence-corrected chi connectivity index (χ4v) is 4.78. The second-order valence-corrected chi connectivity index (χ2v) is 8.45. The van der Waals surface area contributed by atoms with Gasteiger partial charge in [-0.05, 0) is 36.1 Å². The molecule has 2 aromatic carbocycles. The van der Waals surface area contributed by atoms with Gasteiger partial charge < -0.3 is 5.32 Å². The first-order valence-corrected chi connectivity index (χ1v) is 11.1. The van der Waals surface area contributed by atoms with E-state index in [1.54, 1.807) is 24.3 Å². The van der Waals surface area contributed by atoms with Crippen LogP contribution in [0.1, 0.15) is 38.3 Å². The van der Waals surface area contributed by atoms with Gasteiger partial charge in [0.2, 0.25) is 5.91 Å². The van der Waals surface area contributed by atoms with Gasteiger partial charge in [-0.25, -0.2) is 0 Å². The molecule has 8 heteroatoms. The van der Waals surface area contributed by atoms with Gasteiger partial charge in [-0.15, -0.1) is 0 Å². The topological polar surface area (TPSA) is 106 Å². The molecule has 2 unspecified atom stereocenters. The first kappa shape index (κ1) is 21.0. The minimum absolute atomic E-state index is 0.112. The van der Waals surface area contributed by atoms with Crippen molar-refractivity contribution >= 4 is 23.6 Å². The van der Waals surface area contributed by atoms with Gasteiger partial charge in [-0.2, -0.15) is 5.26 Å². The number of benzene rings is 2. The van der Waals surface area contributed by atoms with E-state index in [4.69, 9.17) is 4.99 Å². The van der Waals surface area contributed by atoms with Crippen molar-refractivity contribution in [1.29, 1.82) is 5.26 Å². The highest BCUT2D eigenvalue weighted by Gasteiger charge is 2.39. The first-order valence-electron chi connectivity index (χ1n) is 11.1. The predicted molar refractivity (Wildman–Crippen MR) is 120 cm³/mol. The van der Waals surface area contributed by atoms with Crippen LogP contribution in [0.15, 0.2) is 53.5 Å². The number of nitrogens with one attached hydrogen (secondary N) is 1. The van der Waals surface area contributed by atoms with Crippen molar-refractivity contribution in [2.24, 2.45) is 10.9 Å². The third-order valence-electron chi connectivity index (χ3n) is 6.55. The summed E-state index contributed by atoms with van der Waals surface area (Å²) in [5.74, 6) is -1.58. The van der Waals surface area contributed by atoms with E-state index in [9.17, 15) is 19.6 Å². The smallest absolute Gasteiger partial charge is 0.261 e. The summed E-state index contributed by atoms with van der Waals surface area (Å²) in [5, 5.41) is 12.4. The molecule has 33 heavy (non-hydrogen) atoms. The molecule has 3 aliphatic rings. The Morgan fingerprint density at radius 2 is 1.52 bits per heavy atom. The normalized spacial score (nSPS) is 22.7. The molecule has 3 aliphatic heterocycles. The summed E-state index contributed by atoms with van der Waals surface area (Å²) in [6, 6.07) is 17.1. The molecule has 8 nitrogen and oxygen atoms in total. The number of amidine groups is 1. The largest absolute Gasteiger partial charge is 0.313 e. The molecule has 3 amide bonds. The van der Waals surface area contributed by atoms with Crippen LogP contribution in [-0.2, 0) is 17.6 Å². The molecule has 0 saturated heterocycles. The third-order valence-corrected chi connectivity index (χ3v) is 6.55. The summed E-state index contributed by atoms with van der Waals surface area (Å²) < 4.78 is 0. The van der Waals surface area contributed by atoms with Crippen LogP contribution in [0.25, 0.3) is 0 Å². The van der Waals surface area contributed by atoms with Crippen LogP contribution in [0.3, 0.4) is 0 Å². The lowest BCUT2D eigenvalue weighted by Gasteiger charge is -2.33. The Hall–Kier alpha value is -3.83. The van der Waals surface area contributed by atoms with E-state index in [1.165, 1.54) is 16.0 Å². The SMILES string of the molecule is N#CC1C(=O)NC(CCN2C(=O)c3ccccc3C2=O)=NC1N1CCc2ccccc2CC1. The molecule has 2 aromatic rings. The molecular weight excluding hydrogens is 418 g/mol. The van der Waals surface area contributed by atoms with Gasteiger partial charge in [0.25, 0.3) is 11.8 Å². The Balaban J connectivity index is 1.32. The van der Waals surface area contributed by atoms with E-state index >= 15 is 0 Å². The molecule has 0 aromatic heterocycles. The highest BCUT2D eigenvalue weighted by Crippen LogP contribution is 2.25. The number of hydrogen-bond donors (Lipinski definition) is 1. The maximum Gasteiger partial charge on any atom is 0.261 e. The number of amides is 3. The van der Waals surface area contributed by atoms with Crippen molar-refractivity contribution in [3.05, 3.63) is 70.8 Å². The second kappa shape index (κ2) is 8.60. The van der Waals surface area contributed by atoms with Crippen LogP contribution >= 0.6 is 0 Å². The highest BCUT2D eigenvalue weighted by atomic mass is 16.2. The summed E-state index contributed by atoms with van der Waals surface area (Å²) in [4.78, 5) is 46.0. The molecule has 0 bridgehead atoms. The molecule has 166 valence electrons. The van der Waals surface area contributed by atoms with E-state index < -0.39 is 18.0 Å². The summed E-state index contributed by atoms with van der Waals surface area (Å²) in [6.07, 6.45) is 1.29. The zero-order valence-corrected chi connectivity index (χ0v) is 18.0. The van der Waals surface area contributed by atoms with E-state index in [-0.39, 0.29) is 24.8 Å². The standard InChI is InChI=1S/C25H23N5O3/c26-15-20-22(29-12-9-16-5-1-2-6-17(16)10-13-29)27-21(28-23(20)31)11-14-30-24(32)18-7-3-4-8-19(18)25(30)33/h1-8,20,22H,9-14H2,(H,27,28,31). The van der Waals surface area contributed by atoms with Gasteiger partial charge in [0.1, 0.15) is 12.0 Å². The number of fused-ring (bicyclic) bond motifs is 2. The lowest BCUT2D eigenvalue weighted by Crippen LogP contribution is -2.53. The maximum atomic E-state index is 12.7. The van der Waals surface area contributed by atoms with E-state index in [0.29, 0.717) is 30.1 Å². The molecule has 0 saturated carbocycles. The summed E-state index contributed by atoms with van der Waals surface area (Å²) in [5.41, 5.74) is 3.35. The molecule has 0 radical (unpaired) electrons. The van der Waals surface area contributed by atoms with Crippen molar-refractivity contribution in [3.8, 4) is 6.07 Å². The van der Waals surface area contributed by atoms with Gasteiger partial charge in [0, 0.05) is 26.1 Å². The number of nitriles is 1. The quantitative estimate of drug-likeness (QED) is 0.728. The predicted octanol–water partition coefficient (Wildman–Crippen LogP) is 1.77. The second-order valence-electron chi connectivity index (χ2n) is 8.45. The van der Waals surface area contributed by atoms with Crippen LogP contribution in [0.2, 0.25) is 0 Å². The van der Waals surface area contributed by atoms with Crippen molar-refractivity contribution in [2.45, 2.75) is 25.4 Å². The zero-order valence-electron chi connectivity index (χ0n) is 18.0. The molecule has 5 rings (SSSR count). The number of imide groups is 1. The zero-order chi connectivity index (χ0) is 22.9. The number of nitrogens with zero attached hydrogens (tertiary/aromatic N) is 4. The number of rotatable bonds is 4. The Labute approximate surface area is 191 Å². The summed E-state index contributed by atoms with van der Waals surface area (Å²) in [6.45, 7) is 1.51. The molecular formula is C25H23N5O3. The molecule has 0 aliphatic carbocycles. The van der Waals surface area contributed by atoms with Crippen LogP contribution < -0.4 is 5.32 Å². The average molecular weight is 441 g/mol. The number of carbonyl (C=O) groups excluding carboxylic acids is 3. The average Bonchev–Trinajstić information content (AvgIpc) is 2.97. The fourth-order valence-electron chi connectivity index (χ4n) is 4.78. The monoisotopic (exact) mass is 441 g/mol. The lowest BCUT2D eigenvalue weighted by molar-refractivity contribution is -0.124. The van der Waals surface area contributed by atoms with Crippen molar-refractivity contribution in [2.75, 3.05) is 19.6 Å². The minimum atomic E-state index is -0.908. The van der Waals surface area contributed by atoms with Gasteiger partial charge >= 0.3 is 0 Å². The number of hydrogen-bond acceptors (Lipinski definition) is 6. The summed E-state index contributed by atoms with van der Waals surface area (Å²) >= 11 is 0. The third kappa shape index (κ3) is 3.81. The van der Waals surface area contributed by atoms with Gasteiger partial charge in [-0.3, -0.25) is 29.2 Å². The number of carbonyl (C=O) groups is 3. The van der Waals surface area contributed by atoms with E-state index in [1.807, 2.05) is 12.1 Å². The van der Waals surface area contributed by atoms with Crippen LogP contribution in [0.4, 0.5) is 0 Å². The maximum absolute atomic E-state index is 12.7. The van der Waals surface area contributed by atoms with Crippen LogP contribution in [0.5, 0.6) is 0 Å². The van der Waals surface area contributed by atoms with Gasteiger partial charge in [0.15, 0.2) is 5.92 Å². The van der Waals surface area contributed by atoms with E-state index in [2.05, 4.69) is 28.4 Å². The Morgan fingerprint density at radius 1 is 0.939 bits per heavy atom. The van der Waals surface area contributed by atoms with Crippen molar-refractivity contribution < 1.29 is 14.4 Å². The van der Waals surface area contributed by atoms with Crippen molar-refractivity contribution in [1.82, 2.24) is 15.1 Å². The Bertz CT molecular complexity index is 1150. The van der Waals surface area contributed by atoms with Gasteiger partial charge in [0.05, 0.1) is 17.2 Å². The van der Waals surface area contributed by atoms with Crippen molar-refractivity contribution in [3.63, 3.8) is 0 Å². The molecule has 0 spiro atoms. The summed E-state index contributed by atoms with van der Waals surface area (Å²) in [7, 11) is 0. The van der Waals surface area contributed by atoms with Crippen LogP contribution in [0, 0.1) is 17.2 Å². The number of aliphatic imine (C=N–C) groups is 1. The molecule has 0 fully saturated rings. The molecule has 2 atom stereocenters. The highest BCUT2D eigenvalue weighted by molar-refractivity contribution is 6.21. The van der Waals surface area contributed by atoms with E-state index in [0.717, 1.165) is 12.8 Å². The minimum Gasteiger partial charge on any atom is -0.313 e. The Kier molecular flexibility index (Phi) is 5.48. The lowest BCUT2D eigenvalue weighted by atomic mass is 10.0. The fraction of sp³-hybridized carbons (Fsp3) is 0.320. The molecule has 1 N–H and O–H groups in total. The first-order chi connectivity index (χ1) is 16.1. The Morgan fingerprint density at radius 3 is 2.09 bits per heavy atom. The molecule has 3 heterocycles.